The van der Waals surface area contributed by atoms with Gasteiger partial charge in [0, 0.05) is 39.3 Å². The minimum Gasteiger partial charge on any atom is -0.508 e. The van der Waals surface area contributed by atoms with Crippen LogP contribution in [-0.4, -0.2) is 78.4 Å². The first-order valence-electron chi connectivity index (χ1n) is 14.0. The van der Waals surface area contributed by atoms with Gasteiger partial charge >= 0.3 is 0 Å². The minimum atomic E-state index is -0.124. The number of hydrogen-bond donors (Lipinski definition) is 6. The number of phenols is 2. The molecular weight excluding hydrogens is 524 g/mol. The molecule has 0 bridgehead atoms. The molecule has 1 aromatic heterocycles. The number of ether oxygens (including phenoxy) is 3. The molecule has 3 fully saturated rings. The van der Waals surface area contributed by atoms with E-state index in [1.807, 2.05) is 24.3 Å². The van der Waals surface area contributed by atoms with E-state index in [-0.39, 0.29) is 29.7 Å². The number of aromatic hydroxyl groups is 3. The van der Waals surface area contributed by atoms with Crippen LogP contribution in [0.4, 0.5) is 0 Å². The molecule has 222 valence electrons. The van der Waals surface area contributed by atoms with Gasteiger partial charge in [0.05, 0.1) is 42.9 Å². The maximum absolute atomic E-state index is 9.27. The molecule has 3 saturated heterocycles. The Hall–Kier alpha value is -3.25. The lowest BCUT2D eigenvalue weighted by Gasteiger charge is -2.36. The summed E-state index contributed by atoms with van der Waals surface area (Å²) in [6.07, 6.45) is 1.62. The first-order chi connectivity index (χ1) is 19.8. The van der Waals surface area contributed by atoms with E-state index in [4.69, 9.17) is 19.3 Å². The zero-order valence-electron chi connectivity index (χ0n) is 23.8. The fourth-order valence-corrected chi connectivity index (χ4v) is 4.70. The van der Waals surface area contributed by atoms with E-state index in [0.717, 1.165) is 62.7 Å². The van der Waals surface area contributed by atoms with Crippen LogP contribution in [0, 0.1) is 0 Å². The first-order valence-corrected chi connectivity index (χ1v) is 14.0. The van der Waals surface area contributed by atoms with Gasteiger partial charge in [-0.25, -0.2) is 0 Å². The molecule has 6 N–H and O–H groups in total. The van der Waals surface area contributed by atoms with Crippen LogP contribution in [0.3, 0.4) is 0 Å². The number of pyridine rings is 1. The molecule has 2 aromatic carbocycles. The largest absolute Gasteiger partial charge is 0.508 e. The molecule has 10 heteroatoms. The first kappa shape index (κ1) is 30.7. The summed E-state index contributed by atoms with van der Waals surface area (Å²) < 4.78 is 17.0. The van der Waals surface area contributed by atoms with Crippen molar-refractivity contribution >= 4 is 0 Å². The molecule has 6 rings (SSSR count). The molecule has 3 atom stereocenters. The predicted molar refractivity (Wildman–Crippen MR) is 156 cm³/mol. The Bertz CT molecular complexity index is 1180. The summed E-state index contributed by atoms with van der Waals surface area (Å²) in [5.41, 5.74) is 2.88. The second kappa shape index (κ2) is 15.1. The van der Waals surface area contributed by atoms with Crippen LogP contribution >= 0.6 is 0 Å². The molecule has 0 radical (unpaired) electrons. The third-order valence-corrected chi connectivity index (χ3v) is 6.80. The van der Waals surface area contributed by atoms with Crippen molar-refractivity contribution in [1.82, 2.24) is 20.9 Å². The van der Waals surface area contributed by atoms with Crippen LogP contribution in [0.15, 0.2) is 66.9 Å². The minimum absolute atomic E-state index is 0.0225. The zero-order valence-corrected chi connectivity index (χ0v) is 23.8. The maximum Gasteiger partial charge on any atom is 0.133 e. The van der Waals surface area contributed by atoms with Gasteiger partial charge in [0.2, 0.25) is 0 Å². The smallest absolute Gasteiger partial charge is 0.133 e. The third kappa shape index (κ3) is 9.96. The number of aromatic nitrogens is 1. The van der Waals surface area contributed by atoms with Crippen molar-refractivity contribution in [2.45, 2.75) is 37.8 Å². The average Bonchev–Trinajstić information content (AvgIpc) is 2.99. The third-order valence-electron chi connectivity index (χ3n) is 6.80. The summed E-state index contributed by atoms with van der Waals surface area (Å²) in [5, 5.41) is 37.3. The van der Waals surface area contributed by atoms with Gasteiger partial charge in [-0.15, -0.1) is 0 Å². The Labute approximate surface area is 241 Å². The van der Waals surface area contributed by atoms with Crippen molar-refractivity contribution in [3.63, 3.8) is 0 Å². The molecule has 41 heavy (non-hydrogen) atoms. The van der Waals surface area contributed by atoms with E-state index >= 15 is 0 Å². The van der Waals surface area contributed by atoms with Crippen molar-refractivity contribution in [3.8, 4) is 17.2 Å². The Balaban J connectivity index is 0.000000142. The Morgan fingerprint density at radius 1 is 0.707 bits per heavy atom. The lowest BCUT2D eigenvalue weighted by atomic mass is 10.0. The molecule has 3 aromatic rings. The highest BCUT2D eigenvalue weighted by Crippen LogP contribution is 2.27. The van der Waals surface area contributed by atoms with Crippen molar-refractivity contribution in [2.75, 3.05) is 52.5 Å². The molecule has 0 amide bonds. The summed E-state index contributed by atoms with van der Waals surface area (Å²) >= 11 is 0. The van der Waals surface area contributed by atoms with E-state index < -0.39 is 0 Å². The van der Waals surface area contributed by atoms with E-state index in [1.54, 1.807) is 36.4 Å². The molecule has 3 aliphatic rings. The van der Waals surface area contributed by atoms with E-state index in [1.165, 1.54) is 6.20 Å². The van der Waals surface area contributed by atoms with Gasteiger partial charge in [0.1, 0.15) is 23.4 Å². The fraction of sp³-hybridized carbons (Fsp3) is 0.452. The number of phenolic OH excluding ortho intramolecular Hbond substituents is 2. The van der Waals surface area contributed by atoms with Crippen LogP contribution in [0.2, 0.25) is 0 Å². The van der Waals surface area contributed by atoms with E-state index in [2.05, 4.69) is 34.8 Å². The highest BCUT2D eigenvalue weighted by Gasteiger charge is 2.29. The highest BCUT2D eigenvalue weighted by atomic mass is 16.5. The summed E-state index contributed by atoms with van der Waals surface area (Å²) in [6, 6.07) is 17.8. The quantitative estimate of drug-likeness (QED) is 0.280. The van der Waals surface area contributed by atoms with E-state index in [0.29, 0.717) is 18.1 Å². The fourth-order valence-electron chi connectivity index (χ4n) is 4.70. The Morgan fingerprint density at radius 2 is 1.37 bits per heavy atom. The molecule has 0 spiro atoms. The lowest BCUT2D eigenvalue weighted by Crippen LogP contribution is -2.46. The van der Waals surface area contributed by atoms with Crippen LogP contribution in [0.1, 0.15) is 49.0 Å². The Morgan fingerprint density at radius 3 is 1.95 bits per heavy atom. The molecule has 0 saturated carbocycles. The molecule has 3 unspecified atom stereocenters. The standard InChI is InChI=1S/C12H17NO2.C10H13NO2.C9H12N2O2/c1-12(2)8-13-7-11(15-12)9-3-5-10(14)6-4-9;12-9-3-1-2-8(6-9)10-7-11-4-5-13-10;12-7-1-2-8(11-5-7)9-6-10-3-4-13-9/h3-6,11,13-14H,7-8H2,1-2H3;1-3,6,10-12H,4-5,7H2;1-2,5,9-10,12H,3-4,6H2. The van der Waals surface area contributed by atoms with Gasteiger partial charge in [0.25, 0.3) is 0 Å². The molecule has 3 aliphatic heterocycles. The lowest BCUT2D eigenvalue weighted by molar-refractivity contribution is -0.0958. The second-order valence-electron chi connectivity index (χ2n) is 10.8. The van der Waals surface area contributed by atoms with Crippen LogP contribution in [-0.2, 0) is 14.2 Å². The number of hydrogen-bond acceptors (Lipinski definition) is 10. The van der Waals surface area contributed by atoms with Crippen LogP contribution in [0.25, 0.3) is 0 Å². The molecular formula is C31H42N4O6. The van der Waals surface area contributed by atoms with Crippen molar-refractivity contribution in [2.24, 2.45) is 0 Å². The van der Waals surface area contributed by atoms with Gasteiger partial charge in [0.15, 0.2) is 0 Å². The monoisotopic (exact) mass is 566 g/mol. The highest BCUT2D eigenvalue weighted by molar-refractivity contribution is 5.29. The van der Waals surface area contributed by atoms with Gasteiger partial charge < -0.3 is 45.5 Å². The molecule has 4 heterocycles. The summed E-state index contributed by atoms with van der Waals surface area (Å²) in [4.78, 5) is 4.09. The number of benzene rings is 2. The van der Waals surface area contributed by atoms with Crippen molar-refractivity contribution < 1.29 is 29.5 Å². The average molecular weight is 567 g/mol. The molecule has 10 nitrogen and oxygen atoms in total. The van der Waals surface area contributed by atoms with Gasteiger partial charge in [-0.1, -0.05) is 24.3 Å². The number of nitrogens with zero attached hydrogens (tertiary/aromatic N) is 1. The normalized spacial score (nSPS) is 23.7. The van der Waals surface area contributed by atoms with Gasteiger partial charge in [-0.05, 0) is 61.4 Å². The summed E-state index contributed by atoms with van der Waals surface area (Å²) in [7, 11) is 0. The zero-order chi connectivity index (χ0) is 29.1. The Kier molecular flexibility index (Phi) is 11.3. The molecule has 0 aliphatic carbocycles. The number of rotatable bonds is 3. The van der Waals surface area contributed by atoms with Crippen LogP contribution < -0.4 is 16.0 Å². The SMILES string of the molecule is CC1(C)CNCC(c2ccc(O)cc2)O1.Oc1ccc(C2CNCCO2)nc1.Oc1cccc(C2CNCCO2)c1. The number of morpholine rings is 3. The van der Waals surface area contributed by atoms with Crippen molar-refractivity contribution in [1.29, 1.82) is 0 Å². The van der Waals surface area contributed by atoms with E-state index in [9.17, 15) is 10.2 Å². The predicted octanol–water partition coefficient (Wildman–Crippen LogP) is 3.33. The summed E-state index contributed by atoms with van der Waals surface area (Å²) in [5.74, 6) is 0.779. The van der Waals surface area contributed by atoms with Gasteiger partial charge in [-0.2, -0.15) is 0 Å². The van der Waals surface area contributed by atoms with Crippen LogP contribution in [0.5, 0.6) is 17.2 Å². The number of nitrogens with one attached hydrogen (secondary N) is 3. The topological polar surface area (TPSA) is 137 Å². The maximum atomic E-state index is 9.27. The van der Waals surface area contributed by atoms with Crippen molar-refractivity contribution in [3.05, 3.63) is 83.7 Å². The summed E-state index contributed by atoms with van der Waals surface area (Å²) in [6.45, 7) is 10.7. The van der Waals surface area contributed by atoms with Gasteiger partial charge in [-0.3, -0.25) is 4.98 Å². The second-order valence-corrected chi connectivity index (χ2v) is 10.8.